The van der Waals surface area contributed by atoms with Gasteiger partial charge in [-0.2, -0.15) is 0 Å². The standard InChI is InChI=1S/C20H21ClN2O3/c1-26-18-9-3-8-17(12-18)22-20(25)23-10-4-6-15(13-23)19(24)14-5-2-7-16(21)11-14/h2-3,5,7-9,11-12,15H,4,6,10,13H2,1H3,(H,22,25)/t15-/m0/s1. The Morgan fingerprint density at radius 1 is 1.19 bits per heavy atom. The molecule has 2 aromatic rings. The highest BCUT2D eigenvalue weighted by molar-refractivity contribution is 6.31. The number of ether oxygens (including phenoxy) is 1. The number of nitrogens with zero attached hydrogens (tertiary/aromatic N) is 1. The maximum absolute atomic E-state index is 12.7. The molecule has 1 aliphatic heterocycles. The van der Waals surface area contributed by atoms with E-state index in [0.29, 0.717) is 35.1 Å². The fourth-order valence-electron chi connectivity index (χ4n) is 3.16. The van der Waals surface area contributed by atoms with E-state index in [-0.39, 0.29) is 17.7 Å². The Morgan fingerprint density at radius 3 is 2.77 bits per heavy atom. The Kier molecular flexibility index (Phi) is 5.78. The van der Waals surface area contributed by atoms with Crippen molar-refractivity contribution in [2.24, 2.45) is 5.92 Å². The Hall–Kier alpha value is -2.53. The van der Waals surface area contributed by atoms with Crippen molar-refractivity contribution < 1.29 is 14.3 Å². The van der Waals surface area contributed by atoms with E-state index in [1.807, 2.05) is 12.1 Å². The number of Topliss-reactive ketones (excluding diaryl/α,β-unsaturated/α-hetero) is 1. The second-order valence-electron chi connectivity index (χ2n) is 6.32. The third kappa shape index (κ3) is 4.35. The molecule has 6 heteroatoms. The summed E-state index contributed by atoms with van der Waals surface area (Å²) in [6.07, 6.45) is 1.57. The van der Waals surface area contributed by atoms with Gasteiger partial charge in [0, 0.05) is 41.3 Å². The predicted molar refractivity (Wildman–Crippen MR) is 102 cm³/mol. The molecule has 1 fully saturated rings. The van der Waals surface area contributed by atoms with E-state index >= 15 is 0 Å². The van der Waals surface area contributed by atoms with Gasteiger partial charge < -0.3 is 15.0 Å². The molecule has 1 heterocycles. The number of halogens is 1. The number of urea groups is 1. The summed E-state index contributed by atoms with van der Waals surface area (Å²) in [5.41, 5.74) is 1.26. The van der Waals surface area contributed by atoms with Gasteiger partial charge >= 0.3 is 6.03 Å². The highest BCUT2D eigenvalue weighted by Crippen LogP contribution is 2.24. The van der Waals surface area contributed by atoms with Crippen LogP contribution in [0, 0.1) is 5.92 Å². The molecule has 1 N–H and O–H groups in total. The monoisotopic (exact) mass is 372 g/mol. The van der Waals surface area contributed by atoms with E-state index in [2.05, 4.69) is 5.32 Å². The van der Waals surface area contributed by atoms with Crippen LogP contribution in [0.1, 0.15) is 23.2 Å². The number of anilines is 1. The van der Waals surface area contributed by atoms with Crippen LogP contribution in [0.25, 0.3) is 0 Å². The second-order valence-corrected chi connectivity index (χ2v) is 6.76. The molecule has 26 heavy (non-hydrogen) atoms. The number of hydrogen-bond acceptors (Lipinski definition) is 3. The first-order valence-corrected chi connectivity index (χ1v) is 8.94. The van der Waals surface area contributed by atoms with Crippen molar-refractivity contribution >= 4 is 29.1 Å². The van der Waals surface area contributed by atoms with E-state index in [9.17, 15) is 9.59 Å². The number of piperidine rings is 1. The molecule has 0 bridgehead atoms. The van der Waals surface area contributed by atoms with Crippen LogP contribution in [0.3, 0.4) is 0 Å². The van der Waals surface area contributed by atoms with E-state index in [4.69, 9.17) is 16.3 Å². The van der Waals surface area contributed by atoms with Crippen LogP contribution in [0.4, 0.5) is 10.5 Å². The molecule has 0 aliphatic carbocycles. The molecule has 0 unspecified atom stereocenters. The highest BCUT2D eigenvalue weighted by Gasteiger charge is 2.29. The smallest absolute Gasteiger partial charge is 0.321 e. The summed E-state index contributed by atoms with van der Waals surface area (Å²) in [6, 6.07) is 13.9. The predicted octanol–water partition coefficient (Wildman–Crippen LogP) is 4.48. The van der Waals surface area contributed by atoms with Crippen molar-refractivity contribution in [3.8, 4) is 5.75 Å². The van der Waals surface area contributed by atoms with Gasteiger partial charge in [0.15, 0.2) is 5.78 Å². The number of amides is 2. The lowest BCUT2D eigenvalue weighted by Crippen LogP contribution is -2.44. The number of carbonyl (C=O) groups excluding carboxylic acids is 2. The van der Waals surface area contributed by atoms with Crippen molar-refractivity contribution in [1.82, 2.24) is 4.90 Å². The van der Waals surface area contributed by atoms with Gasteiger partial charge in [-0.05, 0) is 37.1 Å². The lowest BCUT2D eigenvalue weighted by atomic mass is 9.90. The number of methoxy groups -OCH3 is 1. The average molecular weight is 373 g/mol. The molecule has 136 valence electrons. The Morgan fingerprint density at radius 2 is 2.00 bits per heavy atom. The van der Waals surface area contributed by atoms with E-state index in [0.717, 1.165) is 12.8 Å². The van der Waals surface area contributed by atoms with Crippen LogP contribution in [0.5, 0.6) is 5.75 Å². The summed E-state index contributed by atoms with van der Waals surface area (Å²) >= 11 is 5.98. The van der Waals surface area contributed by atoms with E-state index < -0.39 is 0 Å². The number of benzene rings is 2. The number of rotatable bonds is 4. The minimum absolute atomic E-state index is 0.0337. The highest BCUT2D eigenvalue weighted by atomic mass is 35.5. The Balaban J connectivity index is 1.65. The molecule has 1 aliphatic rings. The molecule has 2 aromatic carbocycles. The zero-order chi connectivity index (χ0) is 18.5. The van der Waals surface area contributed by atoms with Crippen LogP contribution >= 0.6 is 11.6 Å². The first-order valence-electron chi connectivity index (χ1n) is 8.56. The molecule has 1 atom stereocenters. The second kappa shape index (κ2) is 8.23. The topological polar surface area (TPSA) is 58.6 Å². The Labute approximate surface area is 157 Å². The van der Waals surface area contributed by atoms with Crippen LogP contribution in [0.15, 0.2) is 48.5 Å². The third-order valence-corrected chi connectivity index (χ3v) is 4.74. The van der Waals surface area contributed by atoms with Gasteiger partial charge in [0.05, 0.1) is 7.11 Å². The Bertz CT molecular complexity index is 809. The number of ketones is 1. The molecule has 2 amide bonds. The van der Waals surface area contributed by atoms with Gasteiger partial charge in [-0.25, -0.2) is 4.79 Å². The molecule has 3 rings (SSSR count). The van der Waals surface area contributed by atoms with Crippen molar-refractivity contribution in [2.45, 2.75) is 12.8 Å². The lowest BCUT2D eigenvalue weighted by Gasteiger charge is -2.32. The van der Waals surface area contributed by atoms with Gasteiger partial charge in [-0.15, -0.1) is 0 Å². The van der Waals surface area contributed by atoms with Gasteiger partial charge in [0.25, 0.3) is 0 Å². The van der Waals surface area contributed by atoms with E-state index in [1.165, 1.54) is 0 Å². The van der Waals surface area contributed by atoms with Crippen LogP contribution in [-0.2, 0) is 0 Å². The fourth-order valence-corrected chi connectivity index (χ4v) is 3.35. The molecule has 5 nitrogen and oxygen atoms in total. The minimum Gasteiger partial charge on any atom is -0.497 e. The maximum atomic E-state index is 12.7. The van der Waals surface area contributed by atoms with Crippen LogP contribution < -0.4 is 10.1 Å². The summed E-state index contributed by atoms with van der Waals surface area (Å²) in [5, 5.41) is 3.41. The van der Waals surface area contributed by atoms with Crippen molar-refractivity contribution in [3.05, 3.63) is 59.1 Å². The number of nitrogens with one attached hydrogen (secondary N) is 1. The zero-order valence-corrected chi connectivity index (χ0v) is 15.3. The summed E-state index contributed by atoms with van der Waals surface area (Å²) < 4.78 is 5.17. The van der Waals surface area contributed by atoms with Crippen molar-refractivity contribution in [1.29, 1.82) is 0 Å². The average Bonchev–Trinajstić information content (AvgIpc) is 2.67. The molecule has 0 aromatic heterocycles. The summed E-state index contributed by atoms with van der Waals surface area (Å²) in [7, 11) is 1.58. The van der Waals surface area contributed by atoms with Gasteiger partial charge in [-0.1, -0.05) is 29.8 Å². The number of likely N-dealkylation sites (tertiary alicyclic amines) is 1. The SMILES string of the molecule is COc1cccc(NC(=O)N2CCC[C@H](C(=O)c3cccc(Cl)c3)C2)c1. The molecule has 0 saturated carbocycles. The molecule has 1 saturated heterocycles. The number of hydrogen-bond donors (Lipinski definition) is 1. The van der Waals surface area contributed by atoms with Crippen LogP contribution in [0.2, 0.25) is 5.02 Å². The third-order valence-electron chi connectivity index (χ3n) is 4.51. The van der Waals surface area contributed by atoms with Crippen LogP contribution in [-0.4, -0.2) is 36.9 Å². The van der Waals surface area contributed by atoms with Crippen molar-refractivity contribution in [3.63, 3.8) is 0 Å². The summed E-state index contributed by atoms with van der Waals surface area (Å²) in [4.78, 5) is 27.0. The van der Waals surface area contributed by atoms with Gasteiger partial charge in [0.2, 0.25) is 0 Å². The molecule has 0 radical (unpaired) electrons. The fraction of sp³-hybridized carbons (Fsp3) is 0.300. The normalized spacial score (nSPS) is 16.8. The largest absolute Gasteiger partial charge is 0.497 e. The summed E-state index contributed by atoms with van der Waals surface area (Å²) in [6.45, 7) is 1.04. The van der Waals surface area contributed by atoms with Gasteiger partial charge in [-0.3, -0.25) is 4.79 Å². The molecule has 0 spiro atoms. The lowest BCUT2D eigenvalue weighted by molar-refractivity contribution is 0.0851. The first kappa shape index (κ1) is 18.3. The first-order chi connectivity index (χ1) is 12.6. The quantitative estimate of drug-likeness (QED) is 0.805. The molecular weight excluding hydrogens is 352 g/mol. The minimum atomic E-state index is -0.210. The molecular formula is C20H21ClN2O3. The number of carbonyl (C=O) groups is 2. The summed E-state index contributed by atoms with van der Waals surface area (Å²) in [5.74, 6) is 0.500. The van der Waals surface area contributed by atoms with Crippen molar-refractivity contribution in [2.75, 3.05) is 25.5 Å². The zero-order valence-electron chi connectivity index (χ0n) is 14.6. The maximum Gasteiger partial charge on any atom is 0.321 e. The van der Waals surface area contributed by atoms with E-state index in [1.54, 1.807) is 48.4 Å². The van der Waals surface area contributed by atoms with Gasteiger partial charge in [0.1, 0.15) is 5.75 Å².